The molecule has 1 rings (SSSR count). The summed E-state index contributed by atoms with van der Waals surface area (Å²) in [5.74, 6) is -0.817. The standard InChI is InChI=1S/C3H7O4P/c1-2-3(7-2)8(4,5)6/h2-3H,1H3,(H2,4,5,6)/t2?,3-/m1/s1. The van der Waals surface area contributed by atoms with Gasteiger partial charge in [0.25, 0.3) is 0 Å². The Morgan fingerprint density at radius 1 is 1.62 bits per heavy atom. The minimum Gasteiger partial charge on any atom is -0.356 e. The molecule has 1 saturated heterocycles. The molecule has 1 heterocycles. The molecule has 8 heavy (non-hydrogen) atoms. The van der Waals surface area contributed by atoms with E-state index < -0.39 is 13.4 Å². The van der Waals surface area contributed by atoms with Crippen molar-refractivity contribution in [1.82, 2.24) is 0 Å². The lowest BCUT2D eigenvalue weighted by Crippen LogP contribution is -1.89. The van der Waals surface area contributed by atoms with E-state index in [4.69, 9.17) is 9.79 Å². The van der Waals surface area contributed by atoms with Crippen LogP contribution in [0.3, 0.4) is 0 Å². The molecule has 48 valence electrons. The van der Waals surface area contributed by atoms with Gasteiger partial charge in [-0.15, -0.1) is 0 Å². The first-order valence-electron chi connectivity index (χ1n) is 2.22. The van der Waals surface area contributed by atoms with Crippen LogP contribution in [0.5, 0.6) is 0 Å². The fourth-order valence-corrected chi connectivity index (χ4v) is 1.42. The van der Waals surface area contributed by atoms with Gasteiger partial charge >= 0.3 is 7.60 Å². The molecule has 0 radical (unpaired) electrons. The number of epoxide rings is 1. The van der Waals surface area contributed by atoms with Gasteiger partial charge in [-0.2, -0.15) is 0 Å². The Morgan fingerprint density at radius 3 is 2.00 bits per heavy atom. The molecule has 2 atom stereocenters. The summed E-state index contributed by atoms with van der Waals surface area (Å²) in [6.07, 6.45) is -0.254. The average molecular weight is 138 g/mol. The summed E-state index contributed by atoms with van der Waals surface area (Å²) in [7, 11) is -3.90. The summed E-state index contributed by atoms with van der Waals surface area (Å²) in [6, 6.07) is 0. The highest BCUT2D eigenvalue weighted by Crippen LogP contribution is 2.52. The molecule has 1 aliphatic heterocycles. The van der Waals surface area contributed by atoms with Gasteiger partial charge in [-0.3, -0.25) is 4.57 Å². The second kappa shape index (κ2) is 1.54. The number of hydrogen-bond acceptors (Lipinski definition) is 2. The Kier molecular flexibility index (Phi) is 1.20. The molecule has 0 bridgehead atoms. The molecule has 0 spiro atoms. The SMILES string of the molecule is CC1O[C@@H]1P(=O)(O)O. The third-order valence-electron chi connectivity index (χ3n) is 1.01. The van der Waals surface area contributed by atoms with Gasteiger partial charge in [0.15, 0.2) is 5.85 Å². The van der Waals surface area contributed by atoms with E-state index in [0.29, 0.717) is 0 Å². The van der Waals surface area contributed by atoms with E-state index in [1.165, 1.54) is 0 Å². The van der Waals surface area contributed by atoms with E-state index in [-0.39, 0.29) is 6.10 Å². The van der Waals surface area contributed by atoms with E-state index >= 15 is 0 Å². The summed E-state index contributed by atoms with van der Waals surface area (Å²) < 4.78 is 14.7. The van der Waals surface area contributed by atoms with Crippen LogP contribution < -0.4 is 0 Å². The predicted molar refractivity (Wildman–Crippen MR) is 26.4 cm³/mol. The van der Waals surface area contributed by atoms with E-state index in [1.807, 2.05) is 0 Å². The summed E-state index contributed by atoms with van der Waals surface area (Å²) in [4.78, 5) is 16.6. The Labute approximate surface area is 46.6 Å². The topological polar surface area (TPSA) is 70.1 Å². The lowest BCUT2D eigenvalue weighted by atomic mass is 10.6. The molecular formula is C3H7O4P. The molecule has 0 aromatic heterocycles. The highest BCUT2D eigenvalue weighted by atomic mass is 31.2. The maximum atomic E-state index is 10.2. The van der Waals surface area contributed by atoms with Gasteiger partial charge in [-0.25, -0.2) is 0 Å². The minimum atomic E-state index is -3.90. The third kappa shape index (κ3) is 1.09. The molecule has 0 aliphatic carbocycles. The number of rotatable bonds is 1. The zero-order chi connectivity index (χ0) is 6.36. The van der Waals surface area contributed by atoms with Gasteiger partial charge in [0, 0.05) is 0 Å². The van der Waals surface area contributed by atoms with Gasteiger partial charge in [-0.05, 0) is 6.92 Å². The second-order valence-corrected chi connectivity index (χ2v) is 3.51. The highest BCUT2D eigenvalue weighted by molar-refractivity contribution is 7.52. The van der Waals surface area contributed by atoms with E-state index in [0.717, 1.165) is 0 Å². The van der Waals surface area contributed by atoms with Crippen molar-refractivity contribution in [3.63, 3.8) is 0 Å². The first kappa shape index (κ1) is 6.23. The first-order valence-corrected chi connectivity index (χ1v) is 3.90. The quantitative estimate of drug-likeness (QED) is 0.392. The Balaban J connectivity index is 2.52. The molecule has 0 saturated carbocycles. The molecule has 0 amide bonds. The summed E-state index contributed by atoms with van der Waals surface area (Å²) in [5, 5.41) is 0. The molecule has 0 aromatic carbocycles. The number of ether oxygens (including phenoxy) is 1. The monoisotopic (exact) mass is 138 g/mol. The largest absolute Gasteiger partial charge is 0.356 e. The molecule has 1 unspecified atom stereocenters. The number of hydrogen-bond donors (Lipinski definition) is 2. The molecule has 4 nitrogen and oxygen atoms in total. The lowest BCUT2D eigenvalue weighted by Gasteiger charge is -1.93. The lowest BCUT2D eigenvalue weighted by molar-refractivity contribution is 0.333. The molecule has 2 N–H and O–H groups in total. The zero-order valence-electron chi connectivity index (χ0n) is 4.31. The second-order valence-electron chi connectivity index (χ2n) is 1.82. The molecule has 1 fully saturated rings. The van der Waals surface area contributed by atoms with E-state index in [9.17, 15) is 4.57 Å². The van der Waals surface area contributed by atoms with Crippen LogP contribution in [-0.2, 0) is 9.30 Å². The average Bonchev–Trinajstić information content (AvgIpc) is 2.13. The smallest absolute Gasteiger partial charge is 0.356 e. The van der Waals surface area contributed by atoms with Gasteiger partial charge in [0.05, 0.1) is 6.10 Å². The van der Waals surface area contributed by atoms with Gasteiger partial charge in [0.1, 0.15) is 0 Å². The maximum Gasteiger partial charge on any atom is 0.356 e. The van der Waals surface area contributed by atoms with Gasteiger partial charge < -0.3 is 14.5 Å². The van der Waals surface area contributed by atoms with Crippen molar-refractivity contribution in [1.29, 1.82) is 0 Å². The Bertz CT molecular complexity index is 138. The van der Waals surface area contributed by atoms with Crippen molar-refractivity contribution in [3.8, 4) is 0 Å². The summed E-state index contributed by atoms with van der Waals surface area (Å²) >= 11 is 0. The normalized spacial score (nSPS) is 37.4. The van der Waals surface area contributed by atoms with Crippen molar-refractivity contribution < 1.29 is 19.1 Å². The van der Waals surface area contributed by atoms with Crippen LogP contribution in [0.2, 0.25) is 0 Å². The van der Waals surface area contributed by atoms with Crippen molar-refractivity contribution in [2.75, 3.05) is 0 Å². The van der Waals surface area contributed by atoms with Crippen molar-refractivity contribution in [2.24, 2.45) is 0 Å². The zero-order valence-corrected chi connectivity index (χ0v) is 5.21. The van der Waals surface area contributed by atoms with Crippen LogP contribution in [-0.4, -0.2) is 21.7 Å². The van der Waals surface area contributed by atoms with E-state index in [1.54, 1.807) is 6.92 Å². The maximum absolute atomic E-state index is 10.2. The van der Waals surface area contributed by atoms with Crippen LogP contribution in [0, 0.1) is 0 Å². The fraction of sp³-hybridized carbons (Fsp3) is 1.00. The first-order chi connectivity index (χ1) is 3.52. The van der Waals surface area contributed by atoms with Crippen molar-refractivity contribution >= 4 is 7.60 Å². The molecular weight excluding hydrogens is 131 g/mol. The van der Waals surface area contributed by atoms with Crippen LogP contribution in [0.1, 0.15) is 6.92 Å². The third-order valence-corrected chi connectivity index (χ3v) is 2.22. The predicted octanol–water partition coefficient (Wildman–Crippen LogP) is -0.0911. The van der Waals surface area contributed by atoms with Crippen LogP contribution in [0.4, 0.5) is 0 Å². The minimum absolute atomic E-state index is 0.254. The molecule has 5 heteroatoms. The summed E-state index contributed by atoms with van der Waals surface area (Å²) in [6.45, 7) is 1.63. The Morgan fingerprint density at radius 2 is 2.00 bits per heavy atom. The van der Waals surface area contributed by atoms with Gasteiger partial charge in [0.2, 0.25) is 0 Å². The highest BCUT2D eigenvalue weighted by Gasteiger charge is 2.48. The van der Waals surface area contributed by atoms with Crippen molar-refractivity contribution in [3.05, 3.63) is 0 Å². The Hall–Kier alpha value is 0.110. The van der Waals surface area contributed by atoms with E-state index in [2.05, 4.69) is 4.74 Å². The fourth-order valence-electron chi connectivity index (χ4n) is 0.527. The van der Waals surface area contributed by atoms with Gasteiger partial charge in [-0.1, -0.05) is 0 Å². The van der Waals surface area contributed by atoms with Crippen LogP contribution in [0.25, 0.3) is 0 Å². The van der Waals surface area contributed by atoms with Crippen molar-refractivity contribution in [2.45, 2.75) is 18.9 Å². The van der Waals surface area contributed by atoms with Crippen LogP contribution >= 0.6 is 7.60 Å². The summed E-state index contributed by atoms with van der Waals surface area (Å²) in [5.41, 5.74) is 0. The molecule has 1 aliphatic rings. The van der Waals surface area contributed by atoms with Crippen LogP contribution in [0.15, 0.2) is 0 Å². The molecule has 0 aromatic rings.